The first-order valence-electron chi connectivity index (χ1n) is 9.18. The molecule has 0 spiro atoms. The number of nitrogen functional groups attached to an aromatic ring is 1. The Bertz CT molecular complexity index is 779. The molecule has 1 unspecified atom stereocenters. The highest BCUT2D eigenvalue weighted by molar-refractivity contribution is 5.84. The van der Waals surface area contributed by atoms with Gasteiger partial charge in [-0.2, -0.15) is 0 Å². The number of alkyl carbamates (subject to hydrolysis) is 1. The normalized spacial score (nSPS) is 17.0. The first-order valence-corrected chi connectivity index (χ1v) is 9.18. The second-order valence-corrected chi connectivity index (χ2v) is 7.89. The van der Waals surface area contributed by atoms with Crippen LogP contribution in [-0.2, 0) is 4.74 Å². The molecule has 140 valence electrons. The third kappa shape index (κ3) is 4.43. The predicted octanol–water partition coefficient (Wildman–Crippen LogP) is 3.38. The van der Waals surface area contributed by atoms with E-state index >= 15 is 0 Å². The third-order valence-corrected chi connectivity index (χ3v) is 4.67. The number of hydrogen-bond acceptors (Lipinski definition) is 5. The minimum Gasteiger partial charge on any atom is -0.444 e. The average Bonchev–Trinajstić information content (AvgIpc) is 2.58. The van der Waals surface area contributed by atoms with E-state index in [2.05, 4.69) is 15.6 Å². The van der Waals surface area contributed by atoms with E-state index in [-0.39, 0.29) is 6.04 Å². The summed E-state index contributed by atoms with van der Waals surface area (Å²) in [5, 5.41) is 7.43. The third-order valence-electron chi connectivity index (χ3n) is 4.67. The van der Waals surface area contributed by atoms with Crippen molar-refractivity contribution in [3.8, 4) is 0 Å². The maximum atomic E-state index is 12.5. The molecule has 2 heterocycles. The van der Waals surface area contributed by atoms with Crippen molar-refractivity contribution in [2.75, 3.05) is 18.8 Å². The molecule has 3 rings (SSSR count). The summed E-state index contributed by atoms with van der Waals surface area (Å²) < 4.78 is 5.49. The molecule has 26 heavy (non-hydrogen) atoms. The molecule has 1 aromatic carbocycles. The van der Waals surface area contributed by atoms with Crippen molar-refractivity contribution < 1.29 is 9.53 Å². The molecule has 1 aromatic heterocycles. The molecule has 0 aliphatic carbocycles. The average molecular weight is 356 g/mol. The molecule has 1 amide bonds. The van der Waals surface area contributed by atoms with Gasteiger partial charge in [0.05, 0.1) is 11.6 Å². The number of carbonyl (C=O) groups excluding carboxylic acids is 1. The van der Waals surface area contributed by atoms with Crippen LogP contribution in [0.3, 0.4) is 0 Å². The van der Waals surface area contributed by atoms with Gasteiger partial charge in [-0.05, 0) is 76.4 Å². The number of piperidine rings is 1. The highest BCUT2D eigenvalue weighted by atomic mass is 16.6. The van der Waals surface area contributed by atoms with Crippen LogP contribution in [0.1, 0.15) is 45.2 Å². The Kier molecular flexibility index (Phi) is 5.32. The molecule has 1 aliphatic rings. The molecule has 1 aliphatic heterocycles. The van der Waals surface area contributed by atoms with E-state index in [1.54, 1.807) is 6.20 Å². The Morgan fingerprint density at radius 3 is 2.77 bits per heavy atom. The molecule has 0 saturated carbocycles. The fraction of sp³-hybridized carbons (Fsp3) is 0.500. The molecule has 1 saturated heterocycles. The minimum absolute atomic E-state index is 0.196. The van der Waals surface area contributed by atoms with Gasteiger partial charge in [-0.15, -0.1) is 0 Å². The number of nitrogens with two attached hydrogens (primary N) is 1. The van der Waals surface area contributed by atoms with E-state index in [0.717, 1.165) is 42.4 Å². The van der Waals surface area contributed by atoms with E-state index in [1.807, 2.05) is 45.0 Å². The Morgan fingerprint density at radius 2 is 2.08 bits per heavy atom. The van der Waals surface area contributed by atoms with Gasteiger partial charge < -0.3 is 21.1 Å². The second-order valence-electron chi connectivity index (χ2n) is 7.89. The summed E-state index contributed by atoms with van der Waals surface area (Å²) >= 11 is 0. The van der Waals surface area contributed by atoms with E-state index in [4.69, 9.17) is 10.5 Å². The van der Waals surface area contributed by atoms with Crippen LogP contribution >= 0.6 is 0 Å². The molecular formula is C20H28N4O2. The van der Waals surface area contributed by atoms with E-state index in [1.165, 1.54) is 0 Å². The SMILES string of the molecule is CC(C)(C)OC(=O)NC(c1cc2ncccc2cc1N)C1CCNCC1. The fourth-order valence-corrected chi connectivity index (χ4v) is 3.49. The van der Waals surface area contributed by atoms with Crippen LogP contribution in [0, 0.1) is 5.92 Å². The smallest absolute Gasteiger partial charge is 0.408 e. The van der Waals surface area contributed by atoms with Gasteiger partial charge in [0.15, 0.2) is 0 Å². The summed E-state index contributed by atoms with van der Waals surface area (Å²) in [7, 11) is 0. The number of ether oxygens (including phenoxy) is 1. The van der Waals surface area contributed by atoms with Crippen LogP contribution in [0.2, 0.25) is 0 Å². The molecule has 0 bridgehead atoms. The zero-order chi connectivity index (χ0) is 18.7. The van der Waals surface area contributed by atoms with Crippen LogP contribution in [-0.4, -0.2) is 29.8 Å². The lowest BCUT2D eigenvalue weighted by molar-refractivity contribution is 0.0478. The summed E-state index contributed by atoms with van der Waals surface area (Å²) in [5.41, 5.74) is 8.28. The van der Waals surface area contributed by atoms with Gasteiger partial charge in [-0.1, -0.05) is 6.07 Å². The van der Waals surface area contributed by atoms with Crippen LogP contribution in [0.5, 0.6) is 0 Å². The quantitative estimate of drug-likeness (QED) is 0.734. The number of amides is 1. The summed E-state index contributed by atoms with van der Waals surface area (Å²) in [6.07, 6.45) is 3.30. The topological polar surface area (TPSA) is 89.3 Å². The van der Waals surface area contributed by atoms with E-state index < -0.39 is 11.7 Å². The van der Waals surface area contributed by atoms with Crippen molar-refractivity contribution in [3.05, 3.63) is 36.0 Å². The lowest BCUT2D eigenvalue weighted by atomic mass is 9.85. The maximum Gasteiger partial charge on any atom is 0.408 e. The first-order chi connectivity index (χ1) is 12.3. The summed E-state index contributed by atoms with van der Waals surface area (Å²) in [5.74, 6) is 0.298. The number of fused-ring (bicyclic) bond motifs is 1. The largest absolute Gasteiger partial charge is 0.444 e. The maximum absolute atomic E-state index is 12.5. The second kappa shape index (κ2) is 7.50. The van der Waals surface area contributed by atoms with Crippen LogP contribution in [0.25, 0.3) is 10.9 Å². The van der Waals surface area contributed by atoms with Crippen molar-refractivity contribution >= 4 is 22.7 Å². The Balaban J connectivity index is 1.94. The number of anilines is 1. The van der Waals surface area contributed by atoms with Gasteiger partial charge in [0.2, 0.25) is 0 Å². The summed E-state index contributed by atoms with van der Waals surface area (Å²) in [6, 6.07) is 7.61. The fourth-order valence-electron chi connectivity index (χ4n) is 3.49. The van der Waals surface area contributed by atoms with Crippen LogP contribution < -0.4 is 16.4 Å². The van der Waals surface area contributed by atoms with Gasteiger partial charge in [-0.3, -0.25) is 4.98 Å². The predicted molar refractivity (Wildman–Crippen MR) is 104 cm³/mol. The van der Waals surface area contributed by atoms with E-state index in [9.17, 15) is 4.79 Å². The molecule has 1 atom stereocenters. The zero-order valence-electron chi connectivity index (χ0n) is 15.7. The van der Waals surface area contributed by atoms with Crippen molar-refractivity contribution in [2.45, 2.75) is 45.3 Å². The van der Waals surface area contributed by atoms with Gasteiger partial charge in [0.25, 0.3) is 0 Å². The number of pyridine rings is 1. The standard InChI is InChI=1S/C20H28N4O2/c1-20(2,3)26-19(25)24-18(13-6-9-22-10-7-13)15-12-17-14(11-16(15)21)5-4-8-23-17/h4-5,8,11-13,18,22H,6-7,9-10,21H2,1-3H3,(H,24,25). The molecule has 2 aromatic rings. The number of hydrogen-bond donors (Lipinski definition) is 3. The van der Waals surface area contributed by atoms with Crippen LogP contribution in [0.4, 0.5) is 10.5 Å². The highest BCUT2D eigenvalue weighted by Gasteiger charge is 2.30. The molecule has 6 nitrogen and oxygen atoms in total. The first kappa shape index (κ1) is 18.5. The van der Waals surface area contributed by atoms with Gasteiger partial charge >= 0.3 is 6.09 Å². The summed E-state index contributed by atoms with van der Waals surface area (Å²) in [6.45, 7) is 7.45. The number of carbonyl (C=O) groups is 1. The minimum atomic E-state index is -0.542. The van der Waals surface area contributed by atoms with Gasteiger partial charge in [0, 0.05) is 17.3 Å². The highest BCUT2D eigenvalue weighted by Crippen LogP contribution is 2.34. The lowest BCUT2D eigenvalue weighted by Gasteiger charge is -2.33. The van der Waals surface area contributed by atoms with Crippen molar-refractivity contribution in [1.82, 2.24) is 15.6 Å². The van der Waals surface area contributed by atoms with Gasteiger partial charge in [0.1, 0.15) is 5.60 Å². The zero-order valence-corrected chi connectivity index (χ0v) is 15.7. The molecule has 6 heteroatoms. The lowest BCUT2D eigenvalue weighted by Crippen LogP contribution is -2.41. The Labute approximate surface area is 154 Å². The molecule has 1 fully saturated rings. The van der Waals surface area contributed by atoms with Crippen molar-refractivity contribution in [3.63, 3.8) is 0 Å². The van der Waals surface area contributed by atoms with Crippen LogP contribution in [0.15, 0.2) is 30.5 Å². The summed E-state index contributed by atoms with van der Waals surface area (Å²) in [4.78, 5) is 16.9. The monoisotopic (exact) mass is 356 g/mol. The van der Waals surface area contributed by atoms with Crippen molar-refractivity contribution in [2.24, 2.45) is 5.92 Å². The molecular weight excluding hydrogens is 328 g/mol. The number of rotatable bonds is 3. The van der Waals surface area contributed by atoms with Gasteiger partial charge in [-0.25, -0.2) is 4.79 Å². The number of aromatic nitrogens is 1. The Morgan fingerprint density at radius 1 is 1.35 bits per heavy atom. The molecule has 0 radical (unpaired) electrons. The number of benzene rings is 1. The molecule has 4 N–H and O–H groups in total. The van der Waals surface area contributed by atoms with Crippen molar-refractivity contribution in [1.29, 1.82) is 0 Å². The van der Waals surface area contributed by atoms with E-state index in [0.29, 0.717) is 11.6 Å². The Hall–Kier alpha value is -2.34. The number of nitrogens with one attached hydrogen (secondary N) is 2. The number of nitrogens with zero attached hydrogens (tertiary/aromatic N) is 1.